The molecule has 0 aliphatic carbocycles. The van der Waals surface area contributed by atoms with Gasteiger partial charge in [-0.15, -0.1) is 0 Å². The van der Waals surface area contributed by atoms with Crippen molar-refractivity contribution in [1.82, 2.24) is 0 Å². The zero-order chi connectivity index (χ0) is 18.2. The van der Waals surface area contributed by atoms with Crippen molar-refractivity contribution >= 4 is 58.2 Å². The zero-order valence-electron chi connectivity index (χ0n) is 13.7. The summed E-state index contributed by atoms with van der Waals surface area (Å²) in [6, 6.07) is 12.5. The van der Waals surface area contributed by atoms with Gasteiger partial charge in [-0.05, 0) is 38.1 Å². The van der Waals surface area contributed by atoms with Gasteiger partial charge in [-0.2, -0.15) is 0 Å². The average Bonchev–Trinajstić information content (AvgIpc) is 2.60. The lowest BCUT2D eigenvalue weighted by Gasteiger charge is -2.38. The molecule has 1 N–H and O–H groups in total. The van der Waals surface area contributed by atoms with Crippen LogP contribution in [-0.2, 0) is 9.59 Å². The molecule has 0 bridgehead atoms. The number of amides is 2. The van der Waals surface area contributed by atoms with Gasteiger partial charge in [0, 0.05) is 11.4 Å². The first-order chi connectivity index (χ1) is 11.9. The van der Waals surface area contributed by atoms with Gasteiger partial charge in [0.1, 0.15) is 0 Å². The Balaban J connectivity index is 1.96. The highest BCUT2D eigenvalue weighted by Crippen LogP contribution is 2.46. The van der Waals surface area contributed by atoms with Crippen LogP contribution in [0.3, 0.4) is 0 Å². The van der Waals surface area contributed by atoms with E-state index in [4.69, 9.17) is 23.2 Å². The predicted molar refractivity (Wildman–Crippen MR) is 104 cm³/mol. The molecule has 4 nitrogen and oxygen atoms in total. The number of nitrogens with one attached hydrogen (secondary N) is 1. The fourth-order valence-electron chi connectivity index (χ4n) is 2.70. The molecule has 0 saturated carbocycles. The molecular weight excluding hydrogens is 379 g/mol. The van der Waals surface area contributed by atoms with Crippen LogP contribution in [0, 0.1) is 0 Å². The summed E-state index contributed by atoms with van der Waals surface area (Å²) in [5.74, 6) is -0.686. The summed E-state index contributed by atoms with van der Waals surface area (Å²) in [6.45, 7) is 4.00. The summed E-state index contributed by atoms with van der Waals surface area (Å²) in [7, 11) is 0. The number of carbonyl (C=O) groups excluding carboxylic acids is 2. The van der Waals surface area contributed by atoms with E-state index in [0.717, 1.165) is 10.6 Å². The molecule has 1 aliphatic rings. The van der Waals surface area contributed by atoms with E-state index in [-0.39, 0.29) is 10.9 Å². The third-order valence-corrected chi connectivity index (χ3v) is 6.23. The first-order valence-corrected chi connectivity index (χ1v) is 9.31. The van der Waals surface area contributed by atoms with Crippen LogP contribution in [0.25, 0.3) is 0 Å². The maximum Gasteiger partial charge on any atom is 0.252 e. The summed E-state index contributed by atoms with van der Waals surface area (Å²) in [5, 5.41) is 3.34. The van der Waals surface area contributed by atoms with Gasteiger partial charge in [0.05, 0.1) is 21.4 Å². The van der Waals surface area contributed by atoms with Crippen LogP contribution in [0.1, 0.15) is 13.8 Å². The van der Waals surface area contributed by atoms with Crippen LogP contribution in [0.15, 0.2) is 47.4 Å². The molecule has 2 aromatic carbocycles. The van der Waals surface area contributed by atoms with Gasteiger partial charge >= 0.3 is 0 Å². The zero-order valence-corrected chi connectivity index (χ0v) is 16.0. The van der Waals surface area contributed by atoms with E-state index >= 15 is 0 Å². The lowest BCUT2D eigenvalue weighted by atomic mass is 10.1. The molecular formula is C18H16Cl2N2O2S. The van der Waals surface area contributed by atoms with Crippen LogP contribution in [-0.4, -0.2) is 23.1 Å². The fourth-order valence-corrected chi connectivity index (χ4v) is 4.25. The van der Waals surface area contributed by atoms with E-state index in [1.165, 1.54) is 11.8 Å². The number of rotatable bonds is 3. The number of benzene rings is 2. The maximum absolute atomic E-state index is 13.0. The van der Waals surface area contributed by atoms with E-state index < -0.39 is 10.7 Å². The monoisotopic (exact) mass is 394 g/mol. The first-order valence-electron chi connectivity index (χ1n) is 7.74. The molecule has 1 unspecified atom stereocenters. The molecule has 1 heterocycles. The predicted octanol–water partition coefficient (Wildman–Crippen LogP) is 4.85. The molecule has 7 heteroatoms. The van der Waals surface area contributed by atoms with E-state index in [0.29, 0.717) is 17.3 Å². The van der Waals surface area contributed by atoms with Gasteiger partial charge in [-0.1, -0.05) is 53.2 Å². The molecule has 25 heavy (non-hydrogen) atoms. The van der Waals surface area contributed by atoms with Crippen molar-refractivity contribution in [1.29, 1.82) is 0 Å². The van der Waals surface area contributed by atoms with Crippen LogP contribution >= 0.6 is 35.0 Å². The largest absolute Gasteiger partial charge is 0.323 e. The molecule has 0 saturated heterocycles. The van der Waals surface area contributed by atoms with E-state index in [9.17, 15) is 9.59 Å². The third-order valence-electron chi connectivity index (χ3n) is 4.07. The SMILES string of the molecule is CCN1C(=O)C(C)(C(=O)Nc2cccc(Cl)c2Cl)Sc2ccccc21. The van der Waals surface area contributed by atoms with Crippen LogP contribution in [0.5, 0.6) is 0 Å². The third kappa shape index (κ3) is 3.12. The summed E-state index contributed by atoms with van der Waals surface area (Å²) in [5.41, 5.74) is 1.21. The van der Waals surface area contributed by atoms with Crippen molar-refractivity contribution in [2.45, 2.75) is 23.5 Å². The molecule has 1 atom stereocenters. The number of thioether (sulfide) groups is 1. The van der Waals surface area contributed by atoms with E-state index in [2.05, 4.69) is 5.32 Å². The van der Waals surface area contributed by atoms with Gasteiger partial charge in [-0.25, -0.2) is 0 Å². The number of para-hydroxylation sites is 1. The molecule has 3 rings (SSSR count). The topological polar surface area (TPSA) is 49.4 Å². The fraction of sp³-hybridized carbons (Fsp3) is 0.222. The molecule has 0 radical (unpaired) electrons. The van der Waals surface area contributed by atoms with Crippen LogP contribution < -0.4 is 10.2 Å². The lowest BCUT2D eigenvalue weighted by Crippen LogP contribution is -2.54. The molecule has 0 spiro atoms. The van der Waals surface area contributed by atoms with Crippen molar-refractivity contribution in [3.05, 3.63) is 52.5 Å². The maximum atomic E-state index is 13.0. The Bertz CT molecular complexity index is 859. The highest BCUT2D eigenvalue weighted by Gasteiger charge is 2.49. The van der Waals surface area contributed by atoms with E-state index in [1.54, 1.807) is 30.0 Å². The van der Waals surface area contributed by atoms with Gasteiger partial charge in [-0.3, -0.25) is 9.59 Å². The number of fused-ring (bicyclic) bond motifs is 1. The number of carbonyl (C=O) groups is 2. The molecule has 130 valence electrons. The Morgan fingerprint density at radius 1 is 1.20 bits per heavy atom. The summed E-state index contributed by atoms with van der Waals surface area (Å²) >= 11 is 13.4. The molecule has 0 fully saturated rings. The number of halogens is 2. The van der Waals surface area contributed by atoms with E-state index in [1.807, 2.05) is 31.2 Å². The Kier molecular flexibility index (Phi) is 5.00. The molecule has 2 aromatic rings. The standard InChI is InChI=1S/C18H16Cl2N2O2S/c1-3-22-13-9-4-5-10-14(13)25-18(2,17(22)24)16(23)21-12-8-6-7-11(19)15(12)20/h4-10H,3H2,1-2H3,(H,21,23). The van der Waals surface area contributed by atoms with Crippen LogP contribution in [0.4, 0.5) is 11.4 Å². The summed E-state index contributed by atoms with van der Waals surface area (Å²) < 4.78 is -1.30. The van der Waals surface area contributed by atoms with Crippen molar-refractivity contribution in [3.8, 4) is 0 Å². The van der Waals surface area contributed by atoms with Crippen LogP contribution in [0.2, 0.25) is 10.0 Å². The molecule has 1 aliphatic heterocycles. The molecule has 2 amide bonds. The Morgan fingerprint density at radius 2 is 1.92 bits per heavy atom. The minimum absolute atomic E-state index is 0.252. The second-order valence-corrected chi connectivity index (χ2v) is 7.95. The van der Waals surface area contributed by atoms with Crippen molar-refractivity contribution < 1.29 is 9.59 Å². The minimum atomic E-state index is -1.30. The number of hydrogen-bond donors (Lipinski definition) is 1. The van der Waals surface area contributed by atoms with Gasteiger partial charge in [0.2, 0.25) is 5.91 Å². The van der Waals surface area contributed by atoms with Gasteiger partial charge in [0.25, 0.3) is 5.91 Å². The highest BCUT2D eigenvalue weighted by atomic mass is 35.5. The van der Waals surface area contributed by atoms with Crippen molar-refractivity contribution in [2.75, 3.05) is 16.8 Å². The quantitative estimate of drug-likeness (QED) is 0.756. The Hall–Kier alpha value is -1.69. The summed E-state index contributed by atoms with van der Waals surface area (Å²) in [6.07, 6.45) is 0. The normalized spacial score (nSPS) is 19.5. The van der Waals surface area contributed by atoms with Gasteiger partial charge in [0.15, 0.2) is 4.75 Å². The highest BCUT2D eigenvalue weighted by molar-refractivity contribution is 8.02. The second kappa shape index (κ2) is 6.90. The van der Waals surface area contributed by atoms with Gasteiger partial charge < -0.3 is 10.2 Å². The average molecular weight is 395 g/mol. The minimum Gasteiger partial charge on any atom is -0.323 e. The number of anilines is 2. The second-order valence-electron chi connectivity index (χ2n) is 5.71. The lowest BCUT2D eigenvalue weighted by molar-refractivity contribution is -0.128. The number of nitrogens with zero attached hydrogens (tertiary/aromatic N) is 1. The Labute approximate surface area is 160 Å². The molecule has 0 aromatic heterocycles. The first kappa shape index (κ1) is 18.1. The Morgan fingerprint density at radius 3 is 2.64 bits per heavy atom. The summed E-state index contributed by atoms with van der Waals surface area (Å²) in [4.78, 5) is 28.5. The van der Waals surface area contributed by atoms with Crippen molar-refractivity contribution in [3.63, 3.8) is 0 Å². The number of hydrogen-bond acceptors (Lipinski definition) is 3. The smallest absolute Gasteiger partial charge is 0.252 e. The van der Waals surface area contributed by atoms with Crippen molar-refractivity contribution in [2.24, 2.45) is 0 Å².